The summed E-state index contributed by atoms with van der Waals surface area (Å²) in [6, 6.07) is 8.64. The predicted molar refractivity (Wildman–Crippen MR) is 88.1 cm³/mol. The lowest BCUT2D eigenvalue weighted by atomic mass is 10.1. The largest absolute Gasteiger partial charge is 0.484 e. The molecule has 0 aliphatic rings. The Hall–Kier alpha value is -2.74. The van der Waals surface area contributed by atoms with Crippen LogP contribution in [0.4, 0.5) is 5.00 Å². The van der Waals surface area contributed by atoms with Crippen LogP contribution in [0.2, 0.25) is 0 Å². The summed E-state index contributed by atoms with van der Waals surface area (Å²) in [5, 5.41) is 14.3. The topological polar surface area (TPSA) is 93.8 Å². The molecule has 0 unspecified atom stereocenters. The third-order valence-corrected chi connectivity index (χ3v) is 3.71. The molecule has 0 bridgehead atoms. The van der Waals surface area contributed by atoms with E-state index in [2.05, 4.69) is 10.5 Å². The molecule has 7 nitrogen and oxygen atoms in total. The molecule has 0 radical (unpaired) electrons. The van der Waals surface area contributed by atoms with E-state index >= 15 is 0 Å². The van der Waals surface area contributed by atoms with Crippen molar-refractivity contribution in [3.8, 4) is 5.75 Å². The van der Waals surface area contributed by atoms with Gasteiger partial charge in [-0.1, -0.05) is 17.4 Å². The van der Waals surface area contributed by atoms with Crippen LogP contribution in [0.15, 0.2) is 35.4 Å². The second-order valence-electron chi connectivity index (χ2n) is 4.84. The van der Waals surface area contributed by atoms with Crippen molar-refractivity contribution in [3.05, 3.63) is 56.5 Å². The number of nitrogens with zero attached hydrogens (tertiary/aromatic N) is 2. The van der Waals surface area contributed by atoms with E-state index in [9.17, 15) is 14.9 Å². The van der Waals surface area contributed by atoms with Crippen molar-refractivity contribution in [2.24, 2.45) is 5.10 Å². The number of benzene rings is 1. The van der Waals surface area contributed by atoms with Crippen molar-refractivity contribution in [2.45, 2.75) is 13.8 Å². The lowest BCUT2D eigenvalue weighted by Crippen LogP contribution is -2.24. The normalized spacial score (nSPS) is 10.7. The predicted octanol–water partition coefficient (Wildman–Crippen LogP) is 2.80. The quantitative estimate of drug-likeness (QED) is 0.499. The molecule has 120 valence electrons. The molecule has 1 N–H and O–H groups in total. The molecule has 1 amide bonds. The Labute approximate surface area is 136 Å². The minimum atomic E-state index is -0.474. The fraction of sp³-hybridized carbons (Fsp3) is 0.200. The average Bonchev–Trinajstić information content (AvgIpc) is 2.93. The number of carbonyl (C=O) groups is 1. The van der Waals surface area contributed by atoms with Gasteiger partial charge < -0.3 is 4.74 Å². The van der Waals surface area contributed by atoms with E-state index in [1.807, 2.05) is 32.0 Å². The van der Waals surface area contributed by atoms with Gasteiger partial charge in [0.25, 0.3) is 5.91 Å². The number of aryl methyl sites for hydroxylation is 2. The summed E-state index contributed by atoms with van der Waals surface area (Å²) < 4.78 is 5.40. The molecule has 8 heteroatoms. The molecule has 0 spiro atoms. The Morgan fingerprint density at radius 3 is 2.65 bits per heavy atom. The number of amides is 1. The number of nitro groups is 1. The Morgan fingerprint density at radius 2 is 2.04 bits per heavy atom. The molecule has 1 aromatic carbocycles. The second-order valence-corrected chi connectivity index (χ2v) is 5.93. The molecule has 0 aliphatic carbocycles. The smallest absolute Gasteiger partial charge is 0.324 e. The molecule has 0 saturated carbocycles. The molecule has 23 heavy (non-hydrogen) atoms. The van der Waals surface area contributed by atoms with Gasteiger partial charge in [-0.3, -0.25) is 14.9 Å². The van der Waals surface area contributed by atoms with Crippen LogP contribution in [0.5, 0.6) is 5.75 Å². The SMILES string of the molecule is Cc1cc(C)cc(OCC(=O)N/N=C\c2ccc([N+](=O)[O-])s2)c1. The first kappa shape index (κ1) is 16.6. The summed E-state index contributed by atoms with van der Waals surface area (Å²) in [6.45, 7) is 3.74. The highest BCUT2D eigenvalue weighted by Gasteiger charge is 2.08. The van der Waals surface area contributed by atoms with E-state index < -0.39 is 10.8 Å². The third-order valence-electron chi connectivity index (χ3n) is 2.74. The number of carbonyl (C=O) groups excluding carboxylic acids is 1. The standard InChI is InChI=1S/C15H15N3O4S/c1-10-5-11(2)7-12(6-10)22-9-14(19)17-16-8-13-3-4-15(23-13)18(20)21/h3-8H,9H2,1-2H3,(H,17,19)/b16-8-. The van der Waals surface area contributed by atoms with Gasteiger partial charge in [-0.25, -0.2) is 5.43 Å². The summed E-state index contributed by atoms with van der Waals surface area (Å²) in [5.41, 5.74) is 4.42. The average molecular weight is 333 g/mol. The Balaban J connectivity index is 1.82. The van der Waals surface area contributed by atoms with Crippen molar-refractivity contribution in [3.63, 3.8) is 0 Å². The van der Waals surface area contributed by atoms with Crippen molar-refractivity contribution >= 4 is 28.5 Å². The number of nitrogens with one attached hydrogen (secondary N) is 1. The molecular formula is C15H15N3O4S. The number of hydrogen-bond acceptors (Lipinski definition) is 6. The number of thiophene rings is 1. The van der Waals surface area contributed by atoms with Gasteiger partial charge in [0.2, 0.25) is 0 Å². The van der Waals surface area contributed by atoms with Crippen LogP contribution in [0.25, 0.3) is 0 Å². The van der Waals surface area contributed by atoms with Crippen LogP contribution in [-0.4, -0.2) is 23.7 Å². The fourth-order valence-electron chi connectivity index (χ4n) is 1.88. The molecule has 2 aromatic rings. The summed E-state index contributed by atoms with van der Waals surface area (Å²) in [4.78, 5) is 22.3. The first-order valence-electron chi connectivity index (χ1n) is 6.71. The fourth-order valence-corrected chi connectivity index (χ4v) is 2.57. The Bertz CT molecular complexity index is 735. The monoisotopic (exact) mass is 333 g/mol. The zero-order chi connectivity index (χ0) is 16.8. The van der Waals surface area contributed by atoms with Crippen LogP contribution in [0.1, 0.15) is 16.0 Å². The highest BCUT2D eigenvalue weighted by molar-refractivity contribution is 7.16. The van der Waals surface area contributed by atoms with E-state index in [1.54, 1.807) is 6.07 Å². The van der Waals surface area contributed by atoms with Gasteiger partial charge in [0.1, 0.15) is 5.75 Å². The first-order valence-corrected chi connectivity index (χ1v) is 7.53. The van der Waals surface area contributed by atoms with Crippen molar-refractivity contribution < 1.29 is 14.5 Å². The van der Waals surface area contributed by atoms with Crippen LogP contribution in [0, 0.1) is 24.0 Å². The van der Waals surface area contributed by atoms with E-state index in [1.165, 1.54) is 12.3 Å². The molecule has 0 fully saturated rings. The summed E-state index contributed by atoms with van der Waals surface area (Å²) in [7, 11) is 0. The number of hydrogen-bond donors (Lipinski definition) is 1. The molecule has 0 aliphatic heterocycles. The lowest BCUT2D eigenvalue weighted by Gasteiger charge is -2.07. The molecule has 0 saturated heterocycles. The van der Waals surface area contributed by atoms with Gasteiger partial charge in [0.05, 0.1) is 16.0 Å². The van der Waals surface area contributed by atoms with Gasteiger partial charge in [0, 0.05) is 6.07 Å². The zero-order valence-electron chi connectivity index (χ0n) is 12.6. The molecule has 2 rings (SSSR count). The van der Waals surface area contributed by atoms with Gasteiger partial charge in [-0.2, -0.15) is 5.10 Å². The van der Waals surface area contributed by atoms with Gasteiger partial charge in [-0.15, -0.1) is 0 Å². The highest BCUT2D eigenvalue weighted by atomic mass is 32.1. The lowest BCUT2D eigenvalue weighted by molar-refractivity contribution is -0.380. The van der Waals surface area contributed by atoms with Gasteiger partial charge in [-0.05, 0) is 43.2 Å². The molecular weight excluding hydrogens is 318 g/mol. The maximum absolute atomic E-state index is 11.6. The van der Waals surface area contributed by atoms with Crippen molar-refractivity contribution in [1.29, 1.82) is 0 Å². The van der Waals surface area contributed by atoms with E-state index in [-0.39, 0.29) is 11.6 Å². The Morgan fingerprint density at radius 1 is 1.35 bits per heavy atom. The number of hydrazone groups is 1. The summed E-state index contributed by atoms with van der Waals surface area (Å²) >= 11 is 0.975. The molecule has 1 aromatic heterocycles. The zero-order valence-corrected chi connectivity index (χ0v) is 13.4. The minimum Gasteiger partial charge on any atom is -0.484 e. The van der Waals surface area contributed by atoms with Crippen LogP contribution in [-0.2, 0) is 4.79 Å². The van der Waals surface area contributed by atoms with Gasteiger partial charge in [0.15, 0.2) is 6.61 Å². The second kappa shape index (κ2) is 7.50. The molecule has 0 atom stereocenters. The van der Waals surface area contributed by atoms with E-state index in [0.717, 1.165) is 22.5 Å². The molecule has 1 heterocycles. The maximum Gasteiger partial charge on any atom is 0.324 e. The van der Waals surface area contributed by atoms with Crippen LogP contribution >= 0.6 is 11.3 Å². The van der Waals surface area contributed by atoms with Crippen LogP contribution < -0.4 is 10.2 Å². The first-order chi connectivity index (χ1) is 10.9. The number of ether oxygens (including phenoxy) is 1. The highest BCUT2D eigenvalue weighted by Crippen LogP contribution is 2.22. The van der Waals surface area contributed by atoms with Crippen LogP contribution in [0.3, 0.4) is 0 Å². The Kier molecular flexibility index (Phi) is 5.42. The third kappa shape index (κ3) is 5.19. The van der Waals surface area contributed by atoms with Gasteiger partial charge >= 0.3 is 5.00 Å². The summed E-state index contributed by atoms with van der Waals surface area (Å²) in [6.07, 6.45) is 1.35. The maximum atomic E-state index is 11.6. The van der Waals surface area contributed by atoms with Crippen molar-refractivity contribution in [2.75, 3.05) is 6.61 Å². The van der Waals surface area contributed by atoms with E-state index in [0.29, 0.717) is 10.6 Å². The summed E-state index contributed by atoms with van der Waals surface area (Å²) in [5.74, 6) is 0.210. The van der Waals surface area contributed by atoms with E-state index in [4.69, 9.17) is 4.74 Å². The minimum absolute atomic E-state index is 0.0240. The number of rotatable bonds is 6. The van der Waals surface area contributed by atoms with Crippen molar-refractivity contribution in [1.82, 2.24) is 5.43 Å².